The van der Waals surface area contributed by atoms with Gasteiger partial charge >= 0.3 is 0 Å². The Labute approximate surface area is 104 Å². The molecule has 17 heavy (non-hydrogen) atoms. The van der Waals surface area contributed by atoms with Crippen molar-refractivity contribution in [3.8, 4) is 5.75 Å². The lowest BCUT2D eigenvalue weighted by atomic mass is 10.1. The fraction of sp³-hybridized carbons (Fsp3) is 0.571. The minimum atomic E-state index is 0.175. The summed E-state index contributed by atoms with van der Waals surface area (Å²) in [5.74, 6) is 0.876. The highest BCUT2D eigenvalue weighted by Gasteiger charge is 2.04. The molecule has 0 spiro atoms. The van der Waals surface area contributed by atoms with Gasteiger partial charge in [-0.3, -0.25) is 0 Å². The Morgan fingerprint density at radius 2 is 2.24 bits per heavy atom. The molecule has 0 fully saturated rings. The van der Waals surface area contributed by atoms with Gasteiger partial charge in [0.25, 0.3) is 0 Å². The lowest BCUT2D eigenvalue weighted by Gasteiger charge is -2.15. The van der Waals surface area contributed by atoms with E-state index in [1.165, 1.54) is 5.56 Å². The number of benzene rings is 1. The summed E-state index contributed by atoms with van der Waals surface area (Å²) in [5, 5.41) is 12.1. The molecule has 0 aliphatic carbocycles. The second-order valence-electron chi connectivity index (χ2n) is 4.17. The van der Waals surface area contributed by atoms with Crippen molar-refractivity contribution in [2.45, 2.75) is 32.7 Å². The van der Waals surface area contributed by atoms with Crippen LogP contribution in [0.1, 0.15) is 38.3 Å². The minimum absolute atomic E-state index is 0.175. The van der Waals surface area contributed by atoms with Gasteiger partial charge in [0.2, 0.25) is 0 Å². The molecule has 3 heteroatoms. The van der Waals surface area contributed by atoms with E-state index in [1.54, 1.807) is 0 Å². The summed E-state index contributed by atoms with van der Waals surface area (Å²) in [4.78, 5) is 0. The van der Waals surface area contributed by atoms with Crippen LogP contribution in [0.2, 0.25) is 0 Å². The molecule has 1 aromatic carbocycles. The molecule has 0 radical (unpaired) electrons. The molecule has 0 aliphatic rings. The van der Waals surface area contributed by atoms with Crippen molar-refractivity contribution < 1.29 is 9.84 Å². The lowest BCUT2D eigenvalue weighted by Crippen LogP contribution is -2.19. The summed E-state index contributed by atoms with van der Waals surface area (Å²) in [6, 6.07) is 8.47. The normalized spacial score (nSPS) is 12.4. The second-order valence-corrected chi connectivity index (χ2v) is 4.17. The first kappa shape index (κ1) is 14.0. The molecule has 2 N–H and O–H groups in total. The Hall–Kier alpha value is -1.06. The average molecular weight is 237 g/mol. The van der Waals surface area contributed by atoms with E-state index in [-0.39, 0.29) is 6.61 Å². The molecule has 1 unspecified atom stereocenters. The van der Waals surface area contributed by atoms with E-state index in [9.17, 15) is 0 Å². The molecule has 0 amide bonds. The highest BCUT2D eigenvalue weighted by molar-refractivity contribution is 5.30. The summed E-state index contributed by atoms with van der Waals surface area (Å²) in [7, 11) is 0. The van der Waals surface area contributed by atoms with Crippen LogP contribution in [-0.2, 0) is 0 Å². The number of hydrogen-bond donors (Lipinski definition) is 2. The molecule has 96 valence electrons. The summed E-state index contributed by atoms with van der Waals surface area (Å²) >= 11 is 0. The standard InChI is InChI=1S/C14H23NO2/c1-3-8-15-12(2)13-6-4-7-14(11-13)17-10-5-9-16/h4,6-7,11-12,15-16H,3,5,8-10H2,1-2H3. The molecule has 0 aromatic heterocycles. The summed E-state index contributed by atoms with van der Waals surface area (Å²) in [6.07, 6.45) is 1.81. The molecule has 0 saturated carbocycles. The quantitative estimate of drug-likeness (QED) is 0.683. The third-order valence-corrected chi connectivity index (χ3v) is 2.63. The van der Waals surface area contributed by atoms with Crippen LogP contribution in [0.25, 0.3) is 0 Å². The Morgan fingerprint density at radius 1 is 1.41 bits per heavy atom. The molecule has 1 atom stereocenters. The van der Waals surface area contributed by atoms with Gasteiger partial charge in [-0.25, -0.2) is 0 Å². The summed E-state index contributed by atoms with van der Waals surface area (Å²) in [6.45, 7) is 6.08. The van der Waals surface area contributed by atoms with Gasteiger partial charge in [0.05, 0.1) is 6.61 Å². The van der Waals surface area contributed by atoms with E-state index in [1.807, 2.05) is 12.1 Å². The first-order chi connectivity index (χ1) is 8.27. The molecule has 1 aromatic rings. The van der Waals surface area contributed by atoms with Gasteiger partial charge in [-0.05, 0) is 37.6 Å². The first-order valence-corrected chi connectivity index (χ1v) is 6.35. The van der Waals surface area contributed by atoms with Crippen molar-refractivity contribution in [2.75, 3.05) is 19.8 Å². The van der Waals surface area contributed by atoms with Gasteiger partial charge in [0, 0.05) is 19.1 Å². The van der Waals surface area contributed by atoms with Crippen LogP contribution < -0.4 is 10.1 Å². The van der Waals surface area contributed by atoms with Crippen LogP contribution >= 0.6 is 0 Å². The highest BCUT2D eigenvalue weighted by atomic mass is 16.5. The molecule has 1 rings (SSSR count). The number of nitrogens with one attached hydrogen (secondary N) is 1. The van der Waals surface area contributed by atoms with Crippen LogP contribution in [0.15, 0.2) is 24.3 Å². The van der Waals surface area contributed by atoms with E-state index in [2.05, 4.69) is 31.3 Å². The maximum absolute atomic E-state index is 8.69. The largest absolute Gasteiger partial charge is 0.493 e. The second kappa shape index (κ2) is 8.09. The molecular formula is C14H23NO2. The molecule has 0 aliphatic heterocycles. The Morgan fingerprint density at radius 3 is 2.94 bits per heavy atom. The fourth-order valence-electron chi connectivity index (χ4n) is 1.61. The number of aliphatic hydroxyl groups is 1. The zero-order valence-corrected chi connectivity index (χ0v) is 10.8. The van der Waals surface area contributed by atoms with Crippen LogP contribution in [0.4, 0.5) is 0 Å². The van der Waals surface area contributed by atoms with Crippen LogP contribution in [0.3, 0.4) is 0 Å². The number of hydrogen-bond acceptors (Lipinski definition) is 3. The van der Waals surface area contributed by atoms with E-state index in [0.29, 0.717) is 19.1 Å². The maximum Gasteiger partial charge on any atom is 0.119 e. The van der Waals surface area contributed by atoms with Gasteiger partial charge in [-0.1, -0.05) is 19.1 Å². The number of rotatable bonds is 8. The maximum atomic E-state index is 8.69. The predicted molar refractivity (Wildman–Crippen MR) is 70.3 cm³/mol. The van der Waals surface area contributed by atoms with E-state index < -0.39 is 0 Å². The van der Waals surface area contributed by atoms with E-state index in [0.717, 1.165) is 18.7 Å². The zero-order chi connectivity index (χ0) is 12.5. The van der Waals surface area contributed by atoms with Gasteiger partial charge in [-0.2, -0.15) is 0 Å². The van der Waals surface area contributed by atoms with Gasteiger partial charge in [0.15, 0.2) is 0 Å². The van der Waals surface area contributed by atoms with Crippen LogP contribution in [0, 0.1) is 0 Å². The smallest absolute Gasteiger partial charge is 0.119 e. The summed E-state index contributed by atoms with van der Waals surface area (Å²) < 4.78 is 5.55. The molecular weight excluding hydrogens is 214 g/mol. The SMILES string of the molecule is CCCNC(C)c1cccc(OCCCO)c1. The summed E-state index contributed by atoms with van der Waals surface area (Å²) in [5.41, 5.74) is 1.24. The van der Waals surface area contributed by atoms with Crippen LogP contribution in [0.5, 0.6) is 5.75 Å². The third kappa shape index (κ3) is 5.20. The highest BCUT2D eigenvalue weighted by Crippen LogP contribution is 2.19. The van der Waals surface area contributed by atoms with Crippen LogP contribution in [-0.4, -0.2) is 24.9 Å². The van der Waals surface area contributed by atoms with Gasteiger partial charge < -0.3 is 15.2 Å². The number of ether oxygens (including phenoxy) is 1. The van der Waals surface area contributed by atoms with Crippen molar-refractivity contribution in [2.24, 2.45) is 0 Å². The predicted octanol–water partition coefficient (Wildman–Crippen LogP) is 2.51. The molecule has 3 nitrogen and oxygen atoms in total. The average Bonchev–Trinajstić information content (AvgIpc) is 2.36. The molecule has 0 saturated heterocycles. The molecule has 0 bridgehead atoms. The van der Waals surface area contributed by atoms with Gasteiger partial charge in [0.1, 0.15) is 5.75 Å². The fourth-order valence-corrected chi connectivity index (χ4v) is 1.61. The Kier molecular flexibility index (Phi) is 6.67. The third-order valence-electron chi connectivity index (χ3n) is 2.63. The van der Waals surface area contributed by atoms with Crippen molar-refractivity contribution in [1.29, 1.82) is 0 Å². The van der Waals surface area contributed by atoms with E-state index in [4.69, 9.17) is 9.84 Å². The Balaban J connectivity index is 2.52. The van der Waals surface area contributed by atoms with Crippen molar-refractivity contribution in [1.82, 2.24) is 5.32 Å². The minimum Gasteiger partial charge on any atom is -0.493 e. The van der Waals surface area contributed by atoms with Crippen molar-refractivity contribution in [3.05, 3.63) is 29.8 Å². The lowest BCUT2D eigenvalue weighted by molar-refractivity contribution is 0.233. The monoisotopic (exact) mass is 237 g/mol. The van der Waals surface area contributed by atoms with E-state index >= 15 is 0 Å². The molecule has 0 heterocycles. The van der Waals surface area contributed by atoms with Gasteiger partial charge in [-0.15, -0.1) is 0 Å². The van der Waals surface area contributed by atoms with Crippen molar-refractivity contribution in [3.63, 3.8) is 0 Å². The zero-order valence-electron chi connectivity index (χ0n) is 10.8. The van der Waals surface area contributed by atoms with Crippen molar-refractivity contribution >= 4 is 0 Å². The first-order valence-electron chi connectivity index (χ1n) is 6.35. The topological polar surface area (TPSA) is 41.5 Å². The number of aliphatic hydroxyl groups excluding tert-OH is 1. The Bertz CT molecular complexity index is 315.